The van der Waals surface area contributed by atoms with Crippen LogP contribution in [0.1, 0.15) is 61.6 Å². The fourth-order valence-corrected chi connectivity index (χ4v) is 6.36. The highest BCUT2D eigenvalue weighted by Gasteiger charge is 2.46. The van der Waals surface area contributed by atoms with Crippen molar-refractivity contribution >= 4 is 23.4 Å². The minimum Gasteiger partial charge on any atom is -0.342 e. The van der Waals surface area contributed by atoms with Crippen molar-refractivity contribution in [3.8, 4) is 0 Å². The first kappa shape index (κ1) is 23.4. The number of piperidine rings is 1. The lowest BCUT2D eigenvalue weighted by Gasteiger charge is -2.43. The largest absolute Gasteiger partial charge is 0.342 e. The molecule has 2 amide bonds. The number of carbonyl (C=O) groups excluding carboxylic acids is 2. The van der Waals surface area contributed by atoms with Crippen molar-refractivity contribution in [2.75, 3.05) is 19.6 Å². The van der Waals surface area contributed by atoms with Crippen LogP contribution < -0.4 is 0 Å². The number of likely N-dealkylation sites (tertiary alicyclic amines) is 1. The molecule has 2 aromatic rings. The molecule has 3 aliphatic rings. The van der Waals surface area contributed by atoms with Gasteiger partial charge in [0.2, 0.25) is 11.8 Å². The molecule has 0 radical (unpaired) electrons. The third-order valence-corrected chi connectivity index (χ3v) is 8.55. The minimum absolute atomic E-state index is 0.137. The van der Waals surface area contributed by atoms with Crippen LogP contribution in [-0.2, 0) is 29.0 Å². The maximum Gasteiger partial charge on any atom is 0.229 e. The average molecular weight is 479 g/mol. The molecule has 0 atom stereocenters. The van der Waals surface area contributed by atoms with Gasteiger partial charge in [-0.3, -0.25) is 9.59 Å². The summed E-state index contributed by atoms with van der Waals surface area (Å²) in [6.07, 6.45) is 9.06. The van der Waals surface area contributed by atoms with E-state index in [9.17, 15) is 9.59 Å². The lowest BCUT2D eigenvalue weighted by atomic mass is 9.72. The Hall–Kier alpha value is -2.33. The Bertz CT molecular complexity index is 1020. The number of nitrogens with zero attached hydrogens (tertiary/aromatic N) is 2. The van der Waals surface area contributed by atoms with E-state index >= 15 is 0 Å². The summed E-state index contributed by atoms with van der Waals surface area (Å²) < 4.78 is 0. The van der Waals surface area contributed by atoms with Gasteiger partial charge in [-0.1, -0.05) is 67.3 Å². The van der Waals surface area contributed by atoms with Gasteiger partial charge < -0.3 is 9.80 Å². The number of carbonyl (C=O) groups is 2. The molecule has 1 spiro atoms. The molecule has 34 heavy (non-hydrogen) atoms. The van der Waals surface area contributed by atoms with Gasteiger partial charge in [0.05, 0.1) is 11.8 Å². The van der Waals surface area contributed by atoms with Crippen molar-refractivity contribution in [3.63, 3.8) is 0 Å². The van der Waals surface area contributed by atoms with Crippen LogP contribution in [0.2, 0.25) is 5.02 Å². The first-order chi connectivity index (χ1) is 16.5. The van der Waals surface area contributed by atoms with E-state index in [-0.39, 0.29) is 5.91 Å². The Kier molecular flexibility index (Phi) is 6.96. The third-order valence-electron chi connectivity index (χ3n) is 8.29. The number of hydrogen-bond acceptors (Lipinski definition) is 2. The summed E-state index contributed by atoms with van der Waals surface area (Å²) in [5.41, 5.74) is 3.19. The van der Waals surface area contributed by atoms with Crippen molar-refractivity contribution in [3.05, 3.63) is 70.2 Å². The van der Waals surface area contributed by atoms with Crippen molar-refractivity contribution in [1.82, 2.24) is 9.80 Å². The van der Waals surface area contributed by atoms with Gasteiger partial charge in [-0.05, 0) is 66.8 Å². The van der Waals surface area contributed by atoms with Gasteiger partial charge in [0, 0.05) is 31.2 Å². The van der Waals surface area contributed by atoms with Crippen LogP contribution in [0, 0.1) is 11.3 Å². The Morgan fingerprint density at radius 3 is 2.32 bits per heavy atom. The third kappa shape index (κ3) is 5.02. The second kappa shape index (κ2) is 10.1. The predicted molar refractivity (Wildman–Crippen MR) is 136 cm³/mol. The zero-order valence-electron chi connectivity index (χ0n) is 20.0. The number of benzene rings is 2. The van der Waals surface area contributed by atoms with Crippen molar-refractivity contribution < 1.29 is 9.59 Å². The van der Waals surface area contributed by atoms with Crippen LogP contribution >= 0.6 is 11.6 Å². The highest BCUT2D eigenvalue weighted by molar-refractivity contribution is 6.30. The van der Waals surface area contributed by atoms with Crippen LogP contribution in [0.25, 0.3) is 0 Å². The number of rotatable bonds is 4. The average Bonchev–Trinajstić information content (AvgIpc) is 2.96. The van der Waals surface area contributed by atoms with Crippen molar-refractivity contribution in [2.45, 2.75) is 64.3 Å². The summed E-state index contributed by atoms with van der Waals surface area (Å²) >= 11 is 5.98. The highest BCUT2D eigenvalue weighted by atomic mass is 35.5. The van der Waals surface area contributed by atoms with E-state index in [1.807, 2.05) is 29.2 Å². The SMILES string of the molecule is O=C(Cc1ccc(Cl)cc1)N1CCC2(CC1)Cc1ccccc1CN(CC1CCCCC1)C2=O. The number of fused-ring (bicyclic) bond motifs is 1. The van der Waals surface area contributed by atoms with E-state index in [4.69, 9.17) is 11.6 Å². The normalized spacial score (nSPS) is 20.8. The number of amides is 2. The van der Waals surface area contributed by atoms with E-state index in [0.29, 0.717) is 36.4 Å². The van der Waals surface area contributed by atoms with Gasteiger partial charge in [0.1, 0.15) is 0 Å². The second-order valence-corrected chi connectivity index (χ2v) is 11.0. The quantitative estimate of drug-likeness (QED) is 0.569. The summed E-state index contributed by atoms with van der Waals surface area (Å²) in [4.78, 5) is 31.2. The molecule has 1 aliphatic carbocycles. The molecule has 0 unspecified atom stereocenters. The summed E-state index contributed by atoms with van der Waals surface area (Å²) in [5, 5.41) is 0.682. The van der Waals surface area contributed by atoms with Crippen LogP contribution in [0.15, 0.2) is 48.5 Å². The first-order valence-electron chi connectivity index (χ1n) is 12.9. The lowest BCUT2D eigenvalue weighted by molar-refractivity contribution is -0.149. The molecule has 180 valence electrons. The van der Waals surface area contributed by atoms with E-state index in [0.717, 1.165) is 37.9 Å². The monoisotopic (exact) mass is 478 g/mol. The Morgan fingerprint density at radius 2 is 1.62 bits per heavy atom. The fourth-order valence-electron chi connectivity index (χ4n) is 6.23. The minimum atomic E-state index is -0.391. The van der Waals surface area contributed by atoms with Gasteiger partial charge in [-0.2, -0.15) is 0 Å². The summed E-state index contributed by atoms with van der Waals surface area (Å²) in [5.74, 6) is 1.08. The van der Waals surface area contributed by atoms with Crippen LogP contribution in [-0.4, -0.2) is 41.2 Å². The van der Waals surface area contributed by atoms with Crippen LogP contribution in [0.3, 0.4) is 0 Å². The predicted octanol–water partition coefficient (Wildman–Crippen LogP) is 5.66. The Balaban J connectivity index is 1.31. The summed E-state index contributed by atoms with van der Waals surface area (Å²) in [6, 6.07) is 16.1. The zero-order chi connectivity index (χ0) is 23.5. The molecule has 2 aromatic carbocycles. The Labute approximate surface area is 208 Å². The standard InChI is InChI=1S/C29H35ClN2O2/c30-26-12-10-22(11-13-26)18-27(33)31-16-14-29(15-17-31)19-24-8-4-5-9-25(24)21-32(28(29)34)20-23-6-2-1-3-7-23/h4-5,8-13,23H,1-3,6-7,14-21H2. The molecule has 4 nitrogen and oxygen atoms in total. The molecule has 2 aliphatic heterocycles. The summed E-state index contributed by atoms with van der Waals surface area (Å²) in [6.45, 7) is 2.91. The molecular formula is C29H35ClN2O2. The molecular weight excluding hydrogens is 444 g/mol. The maximum absolute atomic E-state index is 14.1. The molecule has 1 saturated heterocycles. The highest BCUT2D eigenvalue weighted by Crippen LogP contribution is 2.41. The molecule has 0 aromatic heterocycles. The van der Waals surface area contributed by atoms with Crippen LogP contribution in [0.5, 0.6) is 0 Å². The second-order valence-electron chi connectivity index (χ2n) is 10.6. The number of hydrogen-bond donors (Lipinski definition) is 0. The van der Waals surface area contributed by atoms with E-state index in [2.05, 4.69) is 29.2 Å². The maximum atomic E-state index is 14.1. The van der Waals surface area contributed by atoms with Gasteiger partial charge in [0.25, 0.3) is 0 Å². The van der Waals surface area contributed by atoms with Crippen molar-refractivity contribution in [2.24, 2.45) is 11.3 Å². The molecule has 2 heterocycles. The molecule has 0 N–H and O–H groups in total. The number of halogens is 1. The topological polar surface area (TPSA) is 40.6 Å². The van der Waals surface area contributed by atoms with Crippen molar-refractivity contribution in [1.29, 1.82) is 0 Å². The molecule has 2 fully saturated rings. The summed E-state index contributed by atoms with van der Waals surface area (Å²) in [7, 11) is 0. The first-order valence-corrected chi connectivity index (χ1v) is 13.3. The molecule has 5 heteroatoms. The molecule has 0 bridgehead atoms. The van der Waals surface area contributed by atoms with E-state index in [1.165, 1.54) is 43.2 Å². The molecule has 1 saturated carbocycles. The van der Waals surface area contributed by atoms with Gasteiger partial charge in [-0.25, -0.2) is 0 Å². The lowest BCUT2D eigenvalue weighted by Crippen LogP contribution is -2.52. The molecule has 5 rings (SSSR count). The van der Waals surface area contributed by atoms with E-state index in [1.54, 1.807) is 0 Å². The zero-order valence-corrected chi connectivity index (χ0v) is 20.7. The van der Waals surface area contributed by atoms with Gasteiger partial charge in [-0.15, -0.1) is 0 Å². The Morgan fingerprint density at radius 1 is 0.941 bits per heavy atom. The van der Waals surface area contributed by atoms with Crippen LogP contribution in [0.4, 0.5) is 0 Å². The smallest absolute Gasteiger partial charge is 0.229 e. The van der Waals surface area contributed by atoms with Gasteiger partial charge in [0.15, 0.2) is 0 Å². The fraction of sp³-hybridized carbons (Fsp3) is 0.517. The van der Waals surface area contributed by atoms with E-state index < -0.39 is 5.41 Å². The van der Waals surface area contributed by atoms with Gasteiger partial charge >= 0.3 is 0 Å².